The van der Waals surface area contributed by atoms with E-state index in [4.69, 9.17) is 22.2 Å². The smallest absolute Gasteiger partial charge is 0.251 e. The molecule has 2 saturated heterocycles. The number of carbonyl (C=O) groups is 1. The second-order valence-electron chi connectivity index (χ2n) is 5.94. The summed E-state index contributed by atoms with van der Waals surface area (Å²) in [6.45, 7) is 3.38. The summed E-state index contributed by atoms with van der Waals surface area (Å²) in [5.41, 5.74) is 1.40. The van der Waals surface area contributed by atoms with Crippen LogP contribution in [0.3, 0.4) is 0 Å². The van der Waals surface area contributed by atoms with Gasteiger partial charge in [-0.3, -0.25) is 4.79 Å². The molecule has 1 N–H and O–H groups in total. The Labute approximate surface area is 147 Å². The number of rotatable bonds is 2. The zero-order chi connectivity index (χ0) is 16.9. The van der Waals surface area contributed by atoms with Gasteiger partial charge in [0.25, 0.3) is 5.91 Å². The van der Waals surface area contributed by atoms with Gasteiger partial charge in [-0.1, -0.05) is 6.07 Å². The summed E-state index contributed by atoms with van der Waals surface area (Å²) in [4.78, 5) is 16.3. The number of nitrogens with one attached hydrogen (secondary N) is 1. The van der Waals surface area contributed by atoms with E-state index in [1.807, 2.05) is 21.9 Å². The van der Waals surface area contributed by atoms with Crippen LogP contribution in [0, 0.1) is 11.3 Å². The van der Waals surface area contributed by atoms with Crippen molar-refractivity contribution in [3.8, 4) is 6.07 Å². The van der Waals surface area contributed by atoms with Crippen LogP contribution in [0.15, 0.2) is 24.3 Å². The number of hydrogen-bond acceptors (Lipinski definition) is 4. The Morgan fingerprint density at radius 3 is 2.71 bits per heavy atom. The normalized spacial score (nSPS) is 20.5. The molecule has 1 aromatic carbocycles. The largest absolute Gasteiger partial charge is 0.368 e. The molecule has 0 saturated carbocycles. The number of hydrogen-bond donors (Lipinski definition) is 1. The van der Waals surface area contributed by atoms with Crippen LogP contribution in [0.5, 0.6) is 0 Å². The standard InChI is InChI=1S/C17H20N4O2S/c18-12-13-3-1-4-14(11-13)19-17(24)21-8-6-20(7-9-21)16(22)15-5-2-10-23-15/h1,3-4,11,15H,2,5-10H2,(H,19,24). The fraction of sp³-hybridized carbons (Fsp3) is 0.471. The molecule has 6 nitrogen and oxygen atoms in total. The quantitative estimate of drug-likeness (QED) is 0.822. The van der Waals surface area contributed by atoms with Gasteiger partial charge >= 0.3 is 0 Å². The lowest BCUT2D eigenvalue weighted by Crippen LogP contribution is -2.53. The van der Waals surface area contributed by atoms with Gasteiger partial charge in [-0.15, -0.1) is 0 Å². The Kier molecular flexibility index (Phi) is 5.28. The van der Waals surface area contributed by atoms with Crippen molar-refractivity contribution in [1.29, 1.82) is 5.26 Å². The Morgan fingerprint density at radius 2 is 2.04 bits per heavy atom. The van der Waals surface area contributed by atoms with Gasteiger partial charge in [-0.05, 0) is 43.3 Å². The molecule has 0 spiro atoms. The molecule has 0 aliphatic carbocycles. The minimum absolute atomic E-state index is 0.104. The van der Waals surface area contributed by atoms with Gasteiger partial charge in [0.15, 0.2) is 5.11 Å². The predicted molar refractivity (Wildman–Crippen MR) is 94.5 cm³/mol. The van der Waals surface area contributed by atoms with E-state index in [-0.39, 0.29) is 12.0 Å². The fourth-order valence-electron chi connectivity index (χ4n) is 2.98. The molecule has 126 valence electrons. The lowest BCUT2D eigenvalue weighted by Gasteiger charge is -2.37. The van der Waals surface area contributed by atoms with Gasteiger partial charge in [0.05, 0.1) is 11.6 Å². The van der Waals surface area contributed by atoms with Crippen LogP contribution in [0.2, 0.25) is 0 Å². The van der Waals surface area contributed by atoms with E-state index < -0.39 is 0 Å². The SMILES string of the molecule is N#Cc1cccc(NC(=S)N2CCN(C(=O)C3CCCO3)CC2)c1. The molecule has 7 heteroatoms. The first-order valence-corrected chi connectivity index (χ1v) is 8.54. The fourth-order valence-corrected chi connectivity index (χ4v) is 3.28. The van der Waals surface area contributed by atoms with Gasteiger partial charge < -0.3 is 19.9 Å². The van der Waals surface area contributed by atoms with Crippen molar-refractivity contribution >= 4 is 28.9 Å². The number of thiocarbonyl (C=S) groups is 1. The zero-order valence-corrected chi connectivity index (χ0v) is 14.2. The first kappa shape index (κ1) is 16.7. The highest BCUT2D eigenvalue weighted by molar-refractivity contribution is 7.80. The molecule has 2 aliphatic rings. The highest BCUT2D eigenvalue weighted by Crippen LogP contribution is 2.17. The lowest BCUT2D eigenvalue weighted by atomic mass is 10.2. The average Bonchev–Trinajstić information content (AvgIpc) is 3.16. The van der Waals surface area contributed by atoms with Crippen LogP contribution >= 0.6 is 12.2 Å². The second-order valence-corrected chi connectivity index (χ2v) is 6.32. The van der Waals surface area contributed by atoms with Crippen molar-refractivity contribution in [1.82, 2.24) is 9.80 Å². The number of anilines is 1. The van der Waals surface area contributed by atoms with Crippen molar-refractivity contribution in [2.45, 2.75) is 18.9 Å². The first-order valence-electron chi connectivity index (χ1n) is 8.14. The van der Waals surface area contributed by atoms with Crippen molar-refractivity contribution < 1.29 is 9.53 Å². The van der Waals surface area contributed by atoms with Crippen LogP contribution in [-0.2, 0) is 9.53 Å². The number of benzene rings is 1. The van der Waals surface area contributed by atoms with Gasteiger partial charge in [-0.2, -0.15) is 5.26 Å². The molecule has 0 radical (unpaired) electrons. The Morgan fingerprint density at radius 1 is 1.29 bits per heavy atom. The van der Waals surface area contributed by atoms with Gasteiger partial charge in [-0.25, -0.2) is 0 Å². The highest BCUT2D eigenvalue weighted by atomic mass is 32.1. The molecule has 3 rings (SSSR count). The highest BCUT2D eigenvalue weighted by Gasteiger charge is 2.30. The van der Waals surface area contributed by atoms with Gasteiger partial charge in [0.2, 0.25) is 0 Å². The van der Waals surface area contributed by atoms with Crippen LogP contribution in [-0.4, -0.2) is 59.7 Å². The molecule has 1 amide bonds. The van der Waals surface area contributed by atoms with Crippen LogP contribution < -0.4 is 5.32 Å². The topological polar surface area (TPSA) is 68.6 Å². The van der Waals surface area contributed by atoms with Crippen molar-refractivity contribution in [2.24, 2.45) is 0 Å². The maximum absolute atomic E-state index is 12.3. The number of nitriles is 1. The maximum Gasteiger partial charge on any atom is 0.251 e. The number of ether oxygens (including phenoxy) is 1. The molecule has 0 aromatic heterocycles. The third-order valence-corrected chi connectivity index (χ3v) is 4.69. The summed E-state index contributed by atoms with van der Waals surface area (Å²) in [5.74, 6) is 0.104. The van der Waals surface area contributed by atoms with Gasteiger partial charge in [0, 0.05) is 38.5 Å². The maximum atomic E-state index is 12.3. The summed E-state index contributed by atoms with van der Waals surface area (Å²) in [7, 11) is 0. The summed E-state index contributed by atoms with van der Waals surface area (Å²) in [5, 5.41) is 12.7. The number of piperazine rings is 1. The van der Waals surface area contributed by atoms with Crippen molar-refractivity contribution in [3.63, 3.8) is 0 Å². The Bertz CT molecular complexity index is 659. The summed E-state index contributed by atoms with van der Waals surface area (Å²) < 4.78 is 5.47. The summed E-state index contributed by atoms with van der Waals surface area (Å²) in [6.07, 6.45) is 1.54. The van der Waals surface area contributed by atoms with E-state index in [2.05, 4.69) is 11.4 Å². The number of amides is 1. The number of nitrogens with zero attached hydrogens (tertiary/aromatic N) is 3. The van der Waals surface area contributed by atoms with E-state index in [0.29, 0.717) is 43.5 Å². The third kappa shape index (κ3) is 3.83. The molecule has 24 heavy (non-hydrogen) atoms. The van der Waals surface area contributed by atoms with E-state index in [0.717, 1.165) is 18.5 Å². The van der Waals surface area contributed by atoms with Crippen molar-refractivity contribution in [2.75, 3.05) is 38.1 Å². The van der Waals surface area contributed by atoms with Crippen LogP contribution in [0.25, 0.3) is 0 Å². The average molecular weight is 344 g/mol. The Balaban J connectivity index is 1.51. The van der Waals surface area contributed by atoms with E-state index in [9.17, 15) is 4.79 Å². The molecule has 2 fully saturated rings. The van der Waals surface area contributed by atoms with E-state index in [1.165, 1.54) is 0 Å². The third-order valence-electron chi connectivity index (χ3n) is 4.33. The minimum atomic E-state index is -0.254. The molecule has 2 aliphatic heterocycles. The minimum Gasteiger partial charge on any atom is -0.368 e. The summed E-state index contributed by atoms with van der Waals surface area (Å²) >= 11 is 5.45. The molecule has 1 unspecified atom stereocenters. The second kappa shape index (κ2) is 7.60. The molecule has 2 heterocycles. The lowest BCUT2D eigenvalue weighted by molar-refractivity contribution is -0.142. The van der Waals surface area contributed by atoms with Crippen LogP contribution in [0.1, 0.15) is 18.4 Å². The molecule has 1 atom stereocenters. The molecule has 1 aromatic rings. The van der Waals surface area contributed by atoms with Crippen molar-refractivity contribution in [3.05, 3.63) is 29.8 Å². The first-order chi connectivity index (χ1) is 11.7. The zero-order valence-electron chi connectivity index (χ0n) is 13.4. The van der Waals surface area contributed by atoms with Crippen LogP contribution in [0.4, 0.5) is 5.69 Å². The molecular formula is C17H20N4O2S. The summed E-state index contributed by atoms with van der Waals surface area (Å²) in [6, 6.07) is 9.33. The van der Waals surface area contributed by atoms with E-state index in [1.54, 1.807) is 12.1 Å². The Hall–Kier alpha value is -2.17. The number of carbonyl (C=O) groups excluding carboxylic acids is 1. The monoisotopic (exact) mass is 344 g/mol. The van der Waals surface area contributed by atoms with Gasteiger partial charge in [0.1, 0.15) is 6.10 Å². The molecule has 0 bridgehead atoms. The predicted octanol–water partition coefficient (Wildman–Crippen LogP) is 1.58. The van der Waals surface area contributed by atoms with E-state index >= 15 is 0 Å². The molecular weight excluding hydrogens is 324 g/mol.